The van der Waals surface area contributed by atoms with Crippen LogP contribution < -0.4 is 5.56 Å². The van der Waals surface area contributed by atoms with Crippen LogP contribution >= 0.6 is 11.6 Å². The number of aromatic nitrogens is 5. The lowest BCUT2D eigenvalue weighted by Crippen LogP contribution is -2.25. The van der Waals surface area contributed by atoms with Crippen molar-refractivity contribution in [2.75, 3.05) is 27.4 Å². The lowest BCUT2D eigenvalue weighted by Gasteiger charge is -2.14. The molecule has 0 radical (unpaired) electrons. The average Bonchev–Trinajstić information content (AvgIpc) is 3.41. The summed E-state index contributed by atoms with van der Waals surface area (Å²) in [5.74, 6) is 0.498. The van der Waals surface area contributed by atoms with Gasteiger partial charge >= 0.3 is 0 Å². The Balaban J connectivity index is 2.01. The number of methoxy groups -OCH3 is 2. The summed E-state index contributed by atoms with van der Waals surface area (Å²) in [7, 11) is 3.13. The van der Waals surface area contributed by atoms with Crippen LogP contribution in [-0.2, 0) is 16.0 Å². The Bertz CT molecular complexity index is 1370. The van der Waals surface area contributed by atoms with Gasteiger partial charge in [-0.15, -0.1) is 0 Å². The molecule has 0 N–H and O–H groups in total. The molecule has 3 heterocycles. The molecule has 0 fully saturated rings. The van der Waals surface area contributed by atoms with Crippen LogP contribution in [0.25, 0.3) is 28.1 Å². The van der Waals surface area contributed by atoms with Gasteiger partial charge in [0.2, 0.25) is 0 Å². The Labute approximate surface area is 181 Å². The zero-order chi connectivity index (χ0) is 22.1. The molecule has 0 amide bonds. The summed E-state index contributed by atoms with van der Waals surface area (Å²) < 4.78 is 18.8. The van der Waals surface area contributed by atoms with Crippen molar-refractivity contribution in [3.63, 3.8) is 0 Å². The van der Waals surface area contributed by atoms with E-state index in [1.54, 1.807) is 23.6 Å². The van der Waals surface area contributed by atoms with E-state index in [0.29, 0.717) is 23.5 Å². The normalized spacial score (nSPS) is 12.5. The number of rotatable bonds is 7. The van der Waals surface area contributed by atoms with Crippen LogP contribution in [0.15, 0.2) is 27.8 Å². The molecule has 0 aliphatic carbocycles. The molecule has 0 aliphatic rings. The topological polar surface area (TPSA) is 120 Å². The summed E-state index contributed by atoms with van der Waals surface area (Å²) in [6, 6.07) is 5.45. The van der Waals surface area contributed by atoms with Crippen LogP contribution in [0.1, 0.15) is 24.2 Å². The van der Waals surface area contributed by atoms with Gasteiger partial charge in [-0.25, -0.2) is 4.98 Å². The third-order valence-corrected chi connectivity index (χ3v) is 5.30. The molecule has 1 unspecified atom stereocenters. The summed E-state index contributed by atoms with van der Waals surface area (Å²) in [5.41, 5.74) is 1.35. The number of nitrogens with zero attached hydrogens (tertiary/aromatic N) is 6. The van der Waals surface area contributed by atoms with E-state index >= 15 is 0 Å². The molecule has 3 aromatic heterocycles. The van der Waals surface area contributed by atoms with Gasteiger partial charge in [0, 0.05) is 26.7 Å². The van der Waals surface area contributed by atoms with E-state index < -0.39 is 0 Å². The number of hydrogen-bond donors (Lipinski definition) is 0. The van der Waals surface area contributed by atoms with Gasteiger partial charge in [-0.2, -0.15) is 10.2 Å². The van der Waals surface area contributed by atoms with Gasteiger partial charge in [0.05, 0.1) is 34.8 Å². The predicted molar refractivity (Wildman–Crippen MR) is 112 cm³/mol. The molecule has 4 aromatic rings. The van der Waals surface area contributed by atoms with Crippen LogP contribution in [0.5, 0.6) is 0 Å². The molecule has 160 valence electrons. The van der Waals surface area contributed by atoms with Gasteiger partial charge in [0.15, 0.2) is 11.5 Å². The number of hydrogen-bond acceptors (Lipinski definition) is 8. The number of ether oxygens (including phenoxy) is 2. The fourth-order valence-corrected chi connectivity index (χ4v) is 3.70. The summed E-state index contributed by atoms with van der Waals surface area (Å²) in [4.78, 5) is 22.3. The second kappa shape index (κ2) is 8.47. The van der Waals surface area contributed by atoms with Crippen molar-refractivity contribution >= 4 is 28.2 Å². The van der Waals surface area contributed by atoms with E-state index in [2.05, 4.69) is 21.2 Å². The summed E-state index contributed by atoms with van der Waals surface area (Å²) in [6.07, 6.45) is 1.49. The second-order valence-electron chi connectivity index (χ2n) is 6.98. The lowest BCUT2D eigenvalue weighted by molar-refractivity contribution is 0.180. The molecule has 0 saturated heterocycles. The van der Waals surface area contributed by atoms with Gasteiger partial charge < -0.3 is 18.6 Å². The smallest absolute Gasteiger partial charge is 0.278 e. The molecule has 1 atom stereocenters. The van der Waals surface area contributed by atoms with Gasteiger partial charge in [-0.3, -0.25) is 9.20 Å². The zero-order valence-corrected chi connectivity index (χ0v) is 17.9. The fraction of sp³-hybridized carbons (Fsp3) is 0.350. The zero-order valence-electron chi connectivity index (χ0n) is 17.1. The van der Waals surface area contributed by atoms with Crippen LogP contribution in [0, 0.1) is 11.3 Å². The highest BCUT2D eigenvalue weighted by Crippen LogP contribution is 2.28. The molecule has 31 heavy (non-hydrogen) atoms. The van der Waals surface area contributed by atoms with Crippen molar-refractivity contribution < 1.29 is 14.0 Å². The highest BCUT2D eigenvalue weighted by molar-refractivity contribution is 6.32. The van der Waals surface area contributed by atoms with Crippen LogP contribution in [0.2, 0.25) is 5.02 Å². The first-order valence-corrected chi connectivity index (χ1v) is 9.83. The largest absolute Gasteiger partial charge is 0.384 e. The maximum Gasteiger partial charge on any atom is 0.278 e. The predicted octanol–water partition coefficient (Wildman–Crippen LogP) is 2.62. The molecule has 0 aliphatic heterocycles. The number of benzene rings is 1. The van der Waals surface area contributed by atoms with E-state index in [9.17, 15) is 10.1 Å². The molecular weight excluding hydrogens is 424 g/mol. The highest BCUT2D eigenvalue weighted by Gasteiger charge is 2.24. The van der Waals surface area contributed by atoms with Gasteiger partial charge in [-0.1, -0.05) is 23.7 Å². The van der Waals surface area contributed by atoms with Gasteiger partial charge in [0.25, 0.3) is 11.4 Å². The van der Waals surface area contributed by atoms with E-state index in [4.69, 9.17) is 25.6 Å². The molecule has 11 heteroatoms. The summed E-state index contributed by atoms with van der Waals surface area (Å²) in [5, 5.41) is 13.9. The van der Waals surface area contributed by atoms with E-state index in [-0.39, 0.29) is 52.3 Å². The first-order chi connectivity index (χ1) is 15.0. The lowest BCUT2D eigenvalue weighted by atomic mass is 10.1. The minimum Gasteiger partial charge on any atom is -0.384 e. The maximum atomic E-state index is 13.5. The Morgan fingerprint density at radius 2 is 2.10 bits per heavy atom. The van der Waals surface area contributed by atoms with E-state index in [1.807, 2.05) is 6.92 Å². The number of fused-ring (bicyclic) bond motifs is 3. The average molecular weight is 443 g/mol. The minimum atomic E-state index is -0.375. The van der Waals surface area contributed by atoms with Crippen LogP contribution in [-0.4, -0.2) is 51.5 Å². The molecular formula is C20H19ClN6O4. The Morgan fingerprint density at radius 1 is 1.29 bits per heavy atom. The summed E-state index contributed by atoms with van der Waals surface area (Å²) in [6.45, 7) is 2.82. The monoisotopic (exact) mass is 442 g/mol. The first-order valence-electron chi connectivity index (χ1n) is 9.45. The Hall–Kier alpha value is -3.26. The highest BCUT2D eigenvalue weighted by atomic mass is 35.5. The van der Waals surface area contributed by atoms with Crippen molar-refractivity contribution in [3.8, 4) is 17.7 Å². The standard InChI is InChI=1S/C20H19ClN6O4/c1-11(9-30-3)18-24-19(31-25-18)15-17-20(28)26(6-7-29-2)16-12(8-22)13(21)4-5-14(16)27(17)10-23-15/h4-5,10-11H,6-7,9H2,1-3H3. The van der Waals surface area contributed by atoms with Crippen molar-refractivity contribution in [2.45, 2.75) is 19.4 Å². The molecule has 0 spiro atoms. The van der Waals surface area contributed by atoms with Crippen molar-refractivity contribution in [2.24, 2.45) is 0 Å². The Kier molecular flexibility index (Phi) is 5.73. The number of halogens is 1. The molecule has 0 saturated carbocycles. The third-order valence-electron chi connectivity index (χ3n) is 4.98. The number of nitriles is 1. The van der Waals surface area contributed by atoms with Gasteiger partial charge in [0.1, 0.15) is 17.9 Å². The van der Waals surface area contributed by atoms with Crippen molar-refractivity contribution in [1.29, 1.82) is 5.26 Å². The molecule has 4 rings (SSSR count). The molecule has 0 bridgehead atoms. The second-order valence-corrected chi connectivity index (χ2v) is 7.38. The molecule has 1 aromatic carbocycles. The van der Waals surface area contributed by atoms with Gasteiger partial charge in [-0.05, 0) is 12.1 Å². The van der Waals surface area contributed by atoms with Crippen molar-refractivity contribution in [1.82, 2.24) is 24.1 Å². The third kappa shape index (κ3) is 3.46. The van der Waals surface area contributed by atoms with E-state index in [1.165, 1.54) is 18.0 Å². The minimum absolute atomic E-state index is 0.0871. The Morgan fingerprint density at radius 3 is 2.81 bits per heavy atom. The number of imidazole rings is 1. The fourth-order valence-electron chi connectivity index (χ4n) is 3.50. The first kappa shape index (κ1) is 21.0. The molecule has 10 nitrogen and oxygen atoms in total. The summed E-state index contributed by atoms with van der Waals surface area (Å²) >= 11 is 6.23. The van der Waals surface area contributed by atoms with E-state index in [0.717, 1.165) is 0 Å². The van der Waals surface area contributed by atoms with Crippen LogP contribution in [0.4, 0.5) is 0 Å². The maximum absolute atomic E-state index is 13.5. The SMILES string of the molecule is COCCn1c(=O)c2c(-c3nc(C(C)COC)no3)ncn2c2ccc(Cl)c(C#N)c21. The quantitative estimate of drug-likeness (QED) is 0.428. The van der Waals surface area contributed by atoms with Crippen LogP contribution in [0.3, 0.4) is 0 Å². The van der Waals surface area contributed by atoms with Crippen molar-refractivity contribution in [3.05, 3.63) is 45.2 Å².